The lowest BCUT2D eigenvalue weighted by molar-refractivity contribution is 0.0524. The molecule has 2 aromatic heterocycles. The lowest BCUT2D eigenvalue weighted by Gasteiger charge is -2.20. The van der Waals surface area contributed by atoms with Crippen LogP contribution in [0.15, 0.2) is 84.9 Å². The zero-order valence-electron chi connectivity index (χ0n) is 21.3. The van der Waals surface area contributed by atoms with Gasteiger partial charge in [-0.2, -0.15) is 0 Å². The van der Waals surface area contributed by atoms with E-state index in [2.05, 4.69) is 24.3 Å². The monoisotopic (exact) mass is 492 g/mol. The smallest absolute Gasteiger partial charge is 0.340 e. The van der Waals surface area contributed by atoms with Crippen molar-refractivity contribution in [2.24, 2.45) is 0 Å². The first-order valence-electron chi connectivity index (χ1n) is 12.2. The molecule has 5 rings (SSSR count). The van der Waals surface area contributed by atoms with Crippen molar-refractivity contribution in [1.29, 1.82) is 0 Å². The topological polar surface area (TPSA) is 62.5 Å². The summed E-state index contributed by atoms with van der Waals surface area (Å²) in [6, 6.07) is 27.9. The van der Waals surface area contributed by atoms with Gasteiger partial charge in [-0.05, 0) is 49.7 Å². The highest BCUT2D eigenvalue weighted by Crippen LogP contribution is 2.34. The van der Waals surface area contributed by atoms with Gasteiger partial charge in [-0.15, -0.1) is 0 Å². The number of benzene rings is 3. The molecule has 0 fully saturated rings. The molecule has 0 unspecified atom stereocenters. The summed E-state index contributed by atoms with van der Waals surface area (Å²) in [6.07, 6.45) is 0. The molecule has 0 amide bonds. The summed E-state index contributed by atoms with van der Waals surface area (Å²) < 4.78 is 14.4. The zero-order valence-corrected chi connectivity index (χ0v) is 21.3. The number of carbonyl (C=O) groups excluding carboxylic acids is 2. The van der Waals surface area contributed by atoms with Crippen molar-refractivity contribution in [1.82, 2.24) is 9.35 Å². The molecule has 0 radical (unpaired) electrons. The molecular weight excluding hydrogens is 464 g/mol. The third-order valence-corrected chi connectivity index (χ3v) is 6.65. The highest BCUT2D eigenvalue weighted by Gasteiger charge is 2.26. The first kappa shape index (κ1) is 24.1. The van der Waals surface area contributed by atoms with Crippen LogP contribution in [0, 0.1) is 13.8 Å². The van der Waals surface area contributed by atoms with Crippen LogP contribution in [0.2, 0.25) is 0 Å². The van der Waals surface area contributed by atoms with Gasteiger partial charge in [0.05, 0.1) is 47.6 Å². The first-order chi connectivity index (χ1) is 17.9. The molecule has 0 aliphatic heterocycles. The van der Waals surface area contributed by atoms with Crippen molar-refractivity contribution in [2.75, 3.05) is 13.7 Å². The number of rotatable bonds is 6. The van der Waals surface area contributed by atoms with Crippen molar-refractivity contribution in [3.8, 4) is 22.5 Å². The predicted molar refractivity (Wildman–Crippen MR) is 145 cm³/mol. The quantitative estimate of drug-likeness (QED) is 0.248. The summed E-state index contributed by atoms with van der Waals surface area (Å²) in [5.41, 5.74) is 5.79. The Morgan fingerprint density at radius 3 is 1.86 bits per heavy atom. The molecule has 0 N–H and O–H groups in total. The molecule has 186 valence electrons. The fraction of sp³-hybridized carbons (Fsp3) is 0.161. The molecule has 37 heavy (non-hydrogen) atoms. The zero-order chi connectivity index (χ0) is 26.1. The number of fused-ring (bicyclic) bond motifs is 1. The second-order valence-corrected chi connectivity index (χ2v) is 8.82. The standard InChI is InChI=1S/C31H28N2O4/c1-5-37-31(35)27-19-28(23-12-7-6-8-13-23)32(21(27)3)33-20(2)26(30(34)36-4)18-29(33)25-16-15-22-11-9-10-14-24(22)17-25/h6-19H,5H2,1-4H3. The van der Waals surface area contributed by atoms with Crippen LogP contribution >= 0.6 is 0 Å². The van der Waals surface area contributed by atoms with Gasteiger partial charge in [-0.3, -0.25) is 9.35 Å². The summed E-state index contributed by atoms with van der Waals surface area (Å²) in [5.74, 6) is -0.809. The van der Waals surface area contributed by atoms with E-state index in [1.54, 1.807) is 6.92 Å². The summed E-state index contributed by atoms with van der Waals surface area (Å²) in [4.78, 5) is 25.7. The van der Waals surface area contributed by atoms with Crippen LogP contribution in [-0.4, -0.2) is 35.0 Å². The number of methoxy groups -OCH3 is 1. The molecule has 0 saturated heterocycles. The molecule has 2 heterocycles. The van der Waals surface area contributed by atoms with Gasteiger partial charge in [-0.1, -0.05) is 66.7 Å². The second kappa shape index (κ2) is 9.82. The number of carbonyl (C=O) groups is 2. The molecule has 0 saturated carbocycles. The van der Waals surface area contributed by atoms with Crippen LogP contribution in [0.5, 0.6) is 0 Å². The lowest BCUT2D eigenvalue weighted by Crippen LogP contribution is -2.17. The molecular formula is C31H28N2O4. The summed E-state index contributed by atoms with van der Waals surface area (Å²) in [6.45, 7) is 5.84. The third kappa shape index (κ3) is 4.20. The van der Waals surface area contributed by atoms with E-state index in [4.69, 9.17) is 9.47 Å². The van der Waals surface area contributed by atoms with Crippen molar-refractivity contribution >= 4 is 22.7 Å². The van der Waals surface area contributed by atoms with Gasteiger partial charge in [0.1, 0.15) is 0 Å². The van der Waals surface area contributed by atoms with Crippen LogP contribution in [0.3, 0.4) is 0 Å². The Bertz CT molecular complexity index is 1630. The van der Waals surface area contributed by atoms with E-state index in [0.29, 0.717) is 22.5 Å². The van der Waals surface area contributed by atoms with E-state index in [9.17, 15) is 9.59 Å². The Kier molecular flexibility index (Phi) is 6.40. The van der Waals surface area contributed by atoms with Gasteiger partial charge < -0.3 is 9.47 Å². The van der Waals surface area contributed by atoms with Gasteiger partial charge >= 0.3 is 11.9 Å². The minimum atomic E-state index is -0.421. The maximum atomic E-state index is 12.9. The summed E-state index contributed by atoms with van der Waals surface area (Å²) in [7, 11) is 1.38. The fourth-order valence-corrected chi connectivity index (χ4v) is 4.81. The van der Waals surface area contributed by atoms with Gasteiger partial charge in [0, 0.05) is 11.1 Å². The maximum absolute atomic E-state index is 12.9. The van der Waals surface area contributed by atoms with Crippen LogP contribution in [0.1, 0.15) is 39.0 Å². The molecule has 0 spiro atoms. The molecule has 6 heteroatoms. The Hall–Kier alpha value is -4.58. The summed E-state index contributed by atoms with van der Waals surface area (Å²) in [5, 5.41) is 2.21. The van der Waals surface area contributed by atoms with E-state index in [0.717, 1.165) is 33.3 Å². The largest absolute Gasteiger partial charge is 0.465 e. The van der Waals surface area contributed by atoms with Crippen LogP contribution in [-0.2, 0) is 9.47 Å². The predicted octanol–water partition coefficient (Wildman–Crippen LogP) is 6.67. The highest BCUT2D eigenvalue weighted by atomic mass is 16.5. The average molecular weight is 493 g/mol. The van der Waals surface area contributed by atoms with Crippen molar-refractivity contribution < 1.29 is 19.1 Å². The average Bonchev–Trinajstić information content (AvgIpc) is 3.44. The number of hydrogen-bond acceptors (Lipinski definition) is 4. The van der Waals surface area contributed by atoms with Gasteiger partial charge in [-0.25, -0.2) is 9.59 Å². The van der Waals surface area contributed by atoms with Gasteiger partial charge in [0.2, 0.25) is 0 Å². The third-order valence-electron chi connectivity index (χ3n) is 6.65. The van der Waals surface area contributed by atoms with E-state index < -0.39 is 5.97 Å². The molecule has 5 aromatic rings. The molecule has 0 atom stereocenters. The minimum Gasteiger partial charge on any atom is -0.465 e. The molecule has 0 bridgehead atoms. The fourth-order valence-electron chi connectivity index (χ4n) is 4.81. The van der Waals surface area contributed by atoms with Gasteiger partial charge in [0.25, 0.3) is 0 Å². The number of esters is 2. The van der Waals surface area contributed by atoms with E-state index in [-0.39, 0.29) is 12.6 Å². The normalized spacial score (nSPS) is 11.0. The Morgan fingerprint density at radius 2 is 1.24 bits per heavy atom. The van der Waals surface area contributed by atoms with E-state index >= 15 is 0 Å². The van der Waals surface area contributed by atoms with Crippen molar-refractivity contribution in [3.05, 3.63) is 107 Å². The molecule has 0 aliphatic rings. The maximum Gasteiger partial charge on any atom is 0.340 e. The Labute approximate surface area is 215 Å². The minimum absolute atomic E-state index is 0.279. The first-order valence-corrected chi connectivity index (χ1v) is 12.2. The highest BCUT2D eigenvalue weighted by molar-refractivity contribution is 5.95. The Balaban J connectivity index is 1.84. The molecule has 3 aromatic carbocycles. The second-order valence-electron chi connectivity index (χ2n) is 8.82. The SMILES string of the molecule is CCOC(=O)c1cc(-c2ccccc2)n(-n2c(-c3ccc4ccccc4c3)cc(C(=O)OC)c2C)c1C. The van der Waals surface area contributed by atoms with Crippen LogP contribution < -0.4 is 0 Å². The van der Waals surface area contributed by atoms with Gasteiger partial charge in [0.15, 0.2) is 0 Å². The van der Waals surface area contributed by atoms with Crippen LogP contribution in [0.25, 0.3) is 33.3 Å². The molecule has 0 aliphatic carbocycles. The van der Waals surface area contributed by atoms with E-state index in [1.807, 2.05) is 83.9 Å². The van der Waals surface area contributed by atoms with E-state index in [1.165, 1.54) is 7.11 Å². The molecule has 6 nitrogen and oxygen atoms in total. The Morgan fingerprint density at radius 1 is 0.676 bits per heavy atom. The summed E-state index contributed by atoms with van der Waals surface area (Å²) >= 11 is 0. The lowest BCUT2D eigenvalue weighted by atomic mass is 10.0. The number of hydrogen-bond donors (Lipinski definition) is 0. The van der Waals surface area contributed by atoms with Crippen LogP contribution in [0.4, 0.5) is 0 Å². The van der Waals surface area contributed by atoms with Crippen molar-refractivity contribution in [3.63, 3.8) is 0 Å². The number of ether oxygens (including phenoxy) is 2. The number of nitrogens with zero attached hydrogens (tertiary/aromatic N) is 2. The van der Waals surface area contributed by atoms with Crippen molar-refractivity contribution in [2.45, 2.75) is 20.8 Å². The number of aromatic nitrogens is 2.